The molecule has 46 valence electrons. The number of rotatable bonds is 1. The van der Waals surface area contributed by atoms with E-state index in [0.717, 1.165) is 12.3 Å². The fourth-order valence-electron chi connectivity index (χ4n) is 0.794. The summed E-state index contributed by atoms with van der Waals surface area (Å²) < 4.78 is 0. The van der Waals surface area contributed by atoms with Crippen molar-refractivity contribution in [3.05, 3.63) is 0 Å². The van der Waals surface area contributed by atoms with Crippen LogP contribution < -0.4 is 5.32 Å². The molecule has 8 heavy (non-hydrogen) atoms. The average molecular weight is 131 g/mol. The van der Waals surface area contributed by atoms with Gasteiger partial charge in [0.15, 0.2) is 0 Å². The fourth-order valence-corrected chi connectivity index (χ4v) is 1.05. The quantitative estimate of drug-likeness (QED) is 0.484. The van der Waals surface area contributed by atoms with Gasteiger partial charge >= 0.3 is 0 Å². The third-order valence-corrected chi connectivity index (χ3v) is 1.84. The van der Waals surface area contributed by atoms with Crippen LogP contribution in [0.15, 0.2) is 0 Å². The van der Waals surface area contributed by atoms with Crippen molar-refractivity contribution in [3.63, 3.8) is 0 Å². The maximum Gasteiger partial charge on any atom is 0.220 e. The van der Waals surface area contributed by atoms with Gasteiger partial charge in [0.05, 0.1) is 0 Å². The first kappa shape index (κ1) is 5.95. The number of amides is 1. The van der Waals surface area contributed by atoms with Gasteiger partial charge in [-0.2, -0.15) is 12.6 Å². The number of carbonyl (C=O) groups is 1. The third-order valence-electron chi connectivity index (χ3n) is 1.32. The highest BCUT2D eigenvalue weighted by atomic mass is 32.1. The van der Waals surface area contributed by atoms with Gasteiger partial charge in [-0.05, 0) is 11.7 Å². The Morgan fingerprint density at radius 2 is 2.62 bits per heavy atom. The van der Waals surface area contributed by atoms with E-state index in [0.29, 0.717) is 12.3 Å². The summed E-state index contributed by atoms with van der Waals surface area (Å²) in [6.45, 7) is 0.822. The van der Waals surface area contributed by atoms with Crippen LogP contribution >= 0.6 is 12.6 Å². The lowest BCUT2D eigenvalue weighted by Crippen LogP contribution is -2.14. The first-order valence-corrected chi connectivity index (χ1v) is 3.33. The largest absolute Gasteiger partial charge is 0.356 e. The Morgan fingerprint density at radius 3 is 2.88 bits per heavy atom. The molecule has 0 spiro atoms. The van der Waals surface area contributed by atoms with Gasteiger partial charge in [0.2, 0.25) is 5.91 Å². The molecule has 0 saturated carbocycles. The van der Waals surface area contributed by atoms with Crippen molar-refractivity contribution in [3.8, 4) is 0 Å². The standard InChI is InChI=1S/C5H9NOS/c7-5-1-4(3-8)2-6-5/h4,8H,1-3H2,(H,6,7). The summed E-state index contributed by atoms with van der Waals surface area (Å²) >= 11 is 4.06. The van der Waals surface area contributed by atoms with Crippen LogP contribution in [0.1, 0.15) is 6.42 Å². The third kappa shape index (κ3) is 1.15. The van der Waals surface area contributed by atoms with E-state index < -0.39 is 0 Å². The zero-order chi connectivity index (χ0) is 5.98. The van der Waals surface area contributed by atoms with Crippen LogP contribution in [0.4, 0.5) is 0 Å². The van der Waals surface area contributed by atoms with E-state index in [1.807, 2.05) is 0 Å². The molecule has 1 atom stereocenters. The van der Waals surface area contributed by atoms with Gasteiger partial charge in [0.1, 0.15) is 0 Å². The van der Waals surface area contributed by atoms with Crippen LogP contribution in [0.3, 0.4) is 0 Å². The highest BCUT2D eigenvalue weighted by Crippen LogP contribution is 2.08. The molecule has 1 N–H and O–H groups in total. The summed E-state index contributed by atoms with van der Waals surface area (Å²) in [7, 11) is 0. The summed E-state index contributed by atoms with van der Waals surface area (Å²) in [5, 5.41) is 2.73. The van der Waals surface area contributed by atoms with Crippen molar-refractivity contribution in [1.29, 1.82) is 0 Å². The molecule has 2 nitrogen and oxygen atoms in total. The van der Waals surface area contributed by atoms with Gasteiger partial charge < -0.3 is 5.32 Å². The number of hydrogen-bond acceptors (Lipinski definition) is 2. The van der Waals surface area contributed by atoms with Crippen molar-refractivity contribution in [1.82, 2.24) is 5.32 Å². The maximum absolute atomic E-state index is 10.5. The van der Waals surface area contributed by atoms with Crippen molar-refractivity contribution in [2.75, 3.05) is 12.3 Å². The molecule has 1 heterocycles. The summed E-state index contributed by atoms with van der Waals surface area (Å²) in [5.41, 5.74) is 0. The highest BCUT2D eigenvalue weighted by Gasteiger charge is 2.18. The van der Waals surface area contributed by atoms with Gasteiger partial charge in [0, 0.05) is 13.0 Å². The molecule has 0 aromatic rings. The van der Waals surface area contributed by atoms with Crippen molar-refractivity contribution in [2.24, 2.45) is 5.92 Å². The monoisotopic (exact) mass is 131 g/mol. The minimum atomic E-state index is 0.170. The Kier molecular flexibility index (Phi) is 1.78. The number of carbonyl (C=O) groups excluding carboxylic acids is 1. The van der Waals surface area contributed by atoms with Gasteiger partial charge in [-0.15, -0.1) is 0 Å². The molecule has 0 bridgehead atoms. The molecule has 0 aromatic carbocycles. The van der Waals surface area contributed by atoms with Gasteiger partial charge in [-0.25, -0.2) is 0 Å². The molecule has 1 saturated heterocycles. The Bertz CT molecular complexity index is 105. The van der Waals surface area contributed by atoms with Crippen LogP contribution in [0.2, 0.25) is 0 Å². The van der Waals surface area contributed by atoms with Crippen molar-refractivity contribution < 1.29 is 4.79 Å². The smallest absolute Gasteiger partial charge is 0.220 e. The van der Waals surface area contributed by atoms with Gasteiger partial charge in [-0.3, -0.25) is 4.79 Å². The summed E-state index contributed by atoms with van der Waals surface area (Å²) in [6.07, 6.45) is 0.670. The van der Waals surface area contributed by atoms with E-state index >= 15 is 0 Å². The molecule has 1 unspecified atom stereocenters. The first-order valence-electron chi connectivity index (χ1n) is 2.70. The predicted octanol–water partition coefficient (Wildman–Crippen LogP) is 0.0523. The Morgan fingerprint density at radius 1 is 1.88 bits per heavy atom. The Balaban J connectivity index is 2.32. The van der Waals surface area contributed by atoms with E-state index in [1.165, 1.54) is 0 Å². The lowest BCUT2D eigenvalue weighted by atomic mass is 10.2. The lowest BCUT2D eigenvalue weighted by molar-refractivity contribution is -0.119. The fraction of sp³-hybridized carbons (Fsp3) is 0.800. The molecule has 3 heteroatoms. The van der Waals surface area contributed by atoms with Crippen LogP contribution in [-0.4, -0.2) is 18.2 Å². The molecular weight excluding hydrogens is 122 g/mol. The van der Waals surface area contributed by atoms with E-state index in [2.05, 4.69) is 17.9 Å². The normalized spacial score (nSPS) is 28.1. The second-order valence-electron chi connectivity index (χ2n) is 2.06. The number of hydrogen-bond donors (Lipinski definition) is 2. The van der Waals surface area contributed by atoms with Crippen LogP contribution in [-0.2, 0) is 4.79 Å². The zero-order valence-corrected chi connectivity index (χ0v) is 5.45. The Hall–Kier alpha value is -0.180. The van der Waals surface area contributed by atoms with Gasteiger partial charge in [-0.1, -0.05) is 0 Å². The summed E-state index contributed by atoms with van der Waals surface area (Å²) in [6, 6.07) is 0. The van der Waals surface area contributed by atoms with Crippen molar-refractivity contribution >= 4 is 18.5 Å². The minimum absolute atomic E-state index is 0.170. The molecule has 1 amide bonds. The molecule has 0 radical (unpaired) electrons. The van der Waals surface area contributed by atoms with Crippen LogP contribution in [0.25, 0.3) is 0 Å². The van der Waals surface area contributed by atoms with Crippen molar-refractivity contribution in [2.45, 2.75) is 6.42 Å². The molecular formula is C5H9NOS. The summed E-state index contributed by atoms with van der Waals surface area (Å²) in [5.74, 6) is 1.47. The van der Waals surface area contributed by atoms with Crippen LogP contribution in [0.5, 0.6) is 0 Å². The number of nitrogens with one attached hydrogen (secondary N) is 1. The van der Waals surface area contributed by atoms with Gasteiger partial charge in [0.25, 0.3) is 0 Å². The van der Waals surface area contributed by atoms with E-state index in [-0.39, 0.29) is 5.91 Å². The van der Waals surface area contributed by atoms with Crippen LogP contribution in [0, 0.1) is 5.92 Å². The second-order valence-corrected chi connectivity index (χ2v) is 2.42. The number of thiol groups is 1. The molecule has 1 fully saturated rings. The highest BCUT2D eigenvalue weighted by molar-refractivity contribution is 7.80. The molecule has 1 aliphatic rings. The average Bonchev–Trinajstić information content (AvgIpc) is 2.14. The molecule has 1 aliphatic heterocycles. The first-order chi connectivity index (χ1) is 3.83. The molecule has 0 aromatic heterocycles. The minimum Gasteiger partial charge on any atom is -0.356 e. The van der Waals surface area contributed by atoms with E-state index in [9.17, 15) is 4.79 Å². The summed E-state index contributed by atoms with van der Waals surface area (Å²) in [4.78, 5) is 10.5. The Labute approximate surface area is 54.1 Å². The maximum atomic E-state index is 10.5. The van der Waals surface area contributed by atoms with E-state index in [1.54, 1.807) is 0 Å². The van der Waals surface area contributed by atoms with E-state index in [4.69, 9.17) is 0 Å². The second kappa shape index (κ2) is 2.40. The predicted molar refractivity (Wildman–Crippen MR) is 35.0 cm³/mol. The zero-order valence-electron chi connectivity index (χ0n) is 4.55. The molecule has 0 aliphatic carbocycles. The molecule has 1 rings (SSSR count). The lowest BCUT2D eigenvalue weighted by Gasteiger charge is -1.96. The topological polar surface area (TPSA) is 29.1 Å². The SMILES string of the molecule is O=C1CC(CS)CN1.